The molecule has 0 radical (unpaired) electrons. The van der Waals surface area contributed by atoms with Crippen LogP contribution in [0.15, 0.2) is 18.2 Å². The van der Waals surface area contributed by atoms with Crippen LogP contribution in [0.5, 0.6) is 0 Å². The van der Waals surface area contributed by atoms with E-state index in [-0.39, 0.29) is 5.82 Å². The molecule has 0 aromatic heterocycles. The molecule has 0 aliphatic rings. The van der Waals surface area contributed by atoms with Gasteiger partial charge in [0.05, 0.1) is 6.17 Å². The third-order valence-electron chi connectivity index (χ3n) is 1.60. The second-order valence-electron chi connectivity index (χ2n) is 2.50. The summed E-state index contributed by atoms with van der Waals surface area (Å²) in [5, 5.41) is 0. The minimum Gasteiger partial charge on any atom is -0.312 e. The van der Waals surface area contributed by atoms with Gasteiger partial charge in [-0.3, -0.25) is 0 Å². The van der Waals surface area contributed by atoms with Crippen molar-refractivity contribution in [3.05, 3.63) is 35.1 Å². The third kappa shape index (κ3) is 1.56. The molecular weight excluding hydrogens is 143 g/mol. The molecule has 0 amide bonds. The van der Waals surface area contributed by atoms with Crippen molar-refractivity contribution < 1.29 is 4.39 Å². The van der Waals surface area contributed by atoms with Gasteiger partial charge in [-0.15, -0.1) is 0 Å². The van der Waals surface area contributed by atoms with Gasteiger partial charge in [-0.1, -0.05) is 12.1 Å². The van der Waals surface area contributed by atoms with E-state index in [9.17, 15) is 4.39 Å². The summed E-state index contributed by atoms with van der Waals surface area (Å²) in [7, 11) is 0. The summed E-state index contributed by atoms with van der Waals surface area (Å²) in [6.07, 6.45) is -0.726. The summed E-state index contributed by atoms with van der Waals surface area (Å²) in [5.74, 6) is -0.333. The molecule has 1 aromatic rings. The molecule has 2 nitrogen and oxygen atoms in total. The fraction of sp³-hybridized carbons (Fsp3) is 0.250. The highest BCUT2D eigenvalue weighted by Gasteiger charge is 2.08. The molecule has 0 aliphatic heterocycles. The molecule has 0 aliphatic carbocycles. The van der Waals surface area contributed by atoms with Crippen LogP contribution >= 0.6 is 0 Å². The molecule has 1 aromatic carbocycles. The summed E-state index contributed by atoms with van der Waals surface area (Å²) in [6, 6.07) is 4.77. The minimum atomic E-state index is -0.726. The molecule has 0 fully saturated rings. The third-order valence-corrected chi connectivity index (χ3v) is 1.60. The highest BCUT2D eigenvalue weighted by Crippen LogP contribution is 2.15. The number of hydrogen-bond donors (Lipinski definition) is 2. The van der Waals surface area contributed by atoms with E-state index in [0.29, 0.717) is 5.56 Å². The molecule has 4 N–H and O–H groups in total. The summed E-state index contributed by atoms with van der Waals surface area (Å²) >= 11 is 0. The molecule has 60 valence electrons. The highest BCUT2D eigenvalue weighted by atomic mass is 19.1. The SMILES string of the molecule is Cc1cccc(F)c1C(N)N. The molecule has 0 atom stereocenters. The normalized spacial score (nSPS) is 10.6. The standard InChI is InChI=1S/C8H11FN2/c1-5-3-2-4-6(9)7(5)8(10)11/h2-4,8H,10-11H2,1H3. The van der Waals surface area contributed by atoms with Crippen molar-refractivity contribution in [1.29, 1.82) is 0 Å². The number of hydrogen-bond acceptors (Lipinski definition) is 2. The zero-order valence-corrected chi connectivity index (χ0v) is 6.34. The second-order valence-corrected chi connectivity index (χ2v) is 2.50. The van der Waals surface area contributed by atoms with Crippen LogP contribution < -0.4 is 11.5 Å². The Kier molecular flexibility index (Phi) is 2.22. The zero-order chi connectivity index (χ0) is 8.43. The zero-order valence-electron chi connectivity index (χ0n) is 6.34. The number of benzene rings is 1. The number of rotatable bonds is 1. The fourth-order valence-corrected chi connectivity index (χ4v) is 1.07. The topological polar surface area (TPSA) is 52.0 Å². The molecule has 3 heteroatoms. The first kappa shape index (κ1) is 8.17. The lowest BCUT2D eigenvalue weighted by molar-refractivity contribution is 0.585. The molecule has 0 saturated carbocycles. The van der Waals surface area contributed by atoms with E-state index < -0.39 is 6.17 Å². The van der Waals surface area contributed by atoms with Crippen LogP contribution in [0.2, 0.25) is 0 Å². The fourth-order valence-electron chi connectivity index (χ4n) is 1.07. The molecule has 11 heavy (non-hydrogen) atoms. The van der Waals surface area contributed by atoms with Crippen LogP contribution in [-0.2, 0) is 0 Å². The van der Waals surface area contributed by atoms with Crippen molar-refractivity contribution in [2.24, 2.45) is 11.5 Å². The van der Waals surface area contributed by atoms with Gasteiger partial charge in [-0.2, -0.15) is 0 Å². The monoisotopic (exact) mass is 154 g/mol. The lowest BCUT2D eigenvalue weighted by atomic mass is 10.1. The first-order valence-electron chi connectivity index (χ1n) is 3.39. The number of halogens is 1. The Labute approximate surface area is 65.0 Å². The van der Waals surface area contributed by atoms with Crippen molar-refractivity contribution in [3.63, 3.8) is 0 Å². The van der Waals surface area contributed by atoms with Gasteiger partial charge < -0.3 is 11.5 Å². The van der Waals surface area contributed by atoms with Crippen LogP contribution in [0.4, 0.5) is 4.39 Å². The van der Waals surface area contributed by atoms with Gasteiger partial charge in [0, 0.05) is 5.56 Å². The van der Waals surface area contributed by atoms with Gasteiger partial charge in [-0.05, 0) is 18.6 Å². The maximum atomic E-state index is 12.9. The van der Waals surface area contributed by atoms with E-state index in [1.54, 1.807) is 19.1 Å². The highest BCUT2D eigenvalue weighted by molar-refractivity contribution is 5.29. The van der Waals surface area contributed by atoms with E-state index >= 15 is 0 Å². The Bertz CT molecular complexity index is 238. The summed E-state index contributed by atoms with van der Waals surface area (Å²) < 4.78 is 12.9. The predicted molar refractivity (Wildman–Crippen MR) is 42.3 cm³/mol. The largest absolute Gasteiger partial charge is 0.312 e. The first-order valence-corrected chi connectivity index (χ1v) is 3.39. The van der Waals surface area contributed by atoms with Gasteiger partial charge in [0.1, 0.15) is 5.82 Å². The lowest BCUT2D eigenvalue weighted by Crippen LogP contribution is -2.22. The van der Waals surface area contributed by atoms with Crippen LogP contribution in [-0.4, -0.2) is 0 Å². The van der Waals surface area contributed by atoms with Gasteiger partial charge in [0.2, 0.25) is 0 Å². The van der Waals surface area contributed by atoms with Crippen molar-refractivity contribution in [3.8, 4) is 0 Å². The van der Waals surface area contributed by atoms with E-state index in [2.05, 4.69) is 0 Å². The number of aryl methyl sites for hydroxylation is 1. The maximum Gasteiger partial charge on any atom is 0.129 e. The summed E-state index contributed by atoms with van der Waals surface area (Å²) in [5.41, 5.74) is 11.9. The molecule has 0 heterocycles. The molecule has 0 spiro atoms. The quantitative estimate of drug-likeness (QED) is 0.594. The Morgan fingerprint density at radius 1 is 1.36 bits per heavy atom. The predicted octanol–water partition coefficient (Wildman–Crippen LogP) is 1.05. The average Bonchev–Trinajstić information content (AvgIpc) is 1.85. The Morgan fingerprint density at radius 3 is 2.36 bits per heavy atom. The van der Waals surface area contributed by atoms with Crippen LogP contribution in [0.25, 0.3) is 0 Å². The maximum absolute atomic E-state index is 12.9. The van der Waals surface area contributed by atoms with Gasteiger partial charge in [-0.25, -0.2) is 4.39 Å². The Balaban J connectivity index is 3.21. The Morgan fingerprint density at radius 2 is 2.00 bits per heavy atom. The molecule has 0 unspecified atom stereocenters. The molecule has 0 bridgehead atoms. The van der Waals surface area contributed by atoms with Crippen LogP contribution in [0.1, 0.15) is 17.3 Å². The summed E-state index contributed by atoms with van der Waals surface area (Å²) in [6.45, 7) is 1.78. The number of nitrogens with two attached hydrogens (primary N) is 2. The van der Waals surface area contributed by atoms with E-state index in [0.717, 1.165) is 5.56 Å². The van der Waals surface area contributed by atoms with Gasteiger partial charge in [0.15, 0.2) is 0 Å². The van der Waals surface area contributed by atoms with Crippen molar-refractivity contribution in [1.82, 2.24) is 0 Å². The van der Waals surface area contributed by atoms with Gasteiger partial charge >= 0.3 is 0 Å². The first-order chi connectivity index (χ1) is 5.13. The second kappa shape index (κ2) is 2.98. The smallest absolute Gasteiger partial charge is 0.129 e. The Hall–Kier alpha value is -0.930. The minimum absolute atomic E-state index is 0.333. The lowest BCUT2D eigenvalue weighted by Gasteiger charge is -2.09. The molecular formula is C8H11FN2. The molecule has 1 rings (SSSR count). The van der Waals surface area contributed by atoms with E-state index in [1.165, 1.54) is 6.07 Å². The van der Waals surface area contributed by atoms with Crippen molar-refractivity contribution >= 4 is 0 Å². The van der Waals surface area contributed by atoms with E-state index in [1.807, 2.05) is 0 Å². The van der Waals surface area contributed by atoms with Crippen LogP contribution in [0.3, 0.4) is 0 Å². The van der Waals surface area contributed by atoms with Crippen LogP contribution in [0, 0.1) is 12.7 Å². The van der Waals surface area contributed by atoms with Crippen molar-refractivity contribution in [2.45, 2.75) is 13.1 Å². The summed E-state index contributed by atoms with van der Waals surface area (Å²) in [4.78, 5) is 0. The van der Waals surface area contributed by atoms with Gasteiger partial charge in [0.25, 0.3) is 0 Å². The molecule has 0 saturated heterocycles. The average molecular weight is 154 g/mol. The van der Waals surface area contributed by atoms with E-state index in [4.69, 9.17) is 11.5 Å². The van der Waals surface area contributed by atoms with Crippen molar-refractivity contribution in [2.75, 3.05) is 0 Å².